The van der Waals surface area contributed by atoms with E-state index in [9.17, 15) is 9.59 Å². The molecule has 1 N–H and O–H groups in total. The van der Waals surface area contributed by atoms with Crippen molar-refractivity contribution >= 4 is 5.97 Å². The molecule has 1 fully saturated rings. The number of pyridine rings is 1. The van der Waals surface area contributed by atoms with Gasteiger partial charge in [0, 0.05) is 24.8 Å². The fourth-order valence-corrected chi connectivity index (χ4v) is 2.38. The van der Waals surface area contributed by atoms with Crippen LogP contribution in [0.3, 0.4) is 0 Å². The van der Waals surface area contributed by atoms with Gasteiger partial charge in [-0.25, -0.2) is 4.79 Å². The van der Waals surface area contributed by atoms with E-state index in [1.807, 2.05) is 0 Å². The van der Waals surface area contributed by atoms with E-state index in [0.717, 1.165) is 13.1 Å². The van der Waals surface area contributed by atoms with Crippen LogP contribution in [0.15, 0.2) is 23.1 Å². The fourth-order valence-electron chi connectivity index (χ4n) is 2.38. The van der Waals surface area contributed by atoms with Crippen LogP contribution in [-0.2, 0) is 6.54 Å². The SMILES string of the molecule is CC(Cn1cc(C(=O)O)ccc1=O)N1CCCC1. The lowest BCUT2D eigenvalue weighted by Crippen LogP contribution is -2.36. The van der Waals surface area contributed by atoms with Gasteiger partial charge in [0.05, 0.1) is 5.56 Å². The summed E-state index contributed by atoms with van der Waals surface area (Å²) >= 11 is 0. The quantitative estimate of drug-likeness (QED) is 0.867. The first-order valence-electron chi connectivity index (χ1n) is 6.26. The minimum atomic E-state index is -1.00. The highest BCUT2D eigenvalue weighted by molar-refractivity contribution is 5.87. The highest BCUT2D eigenvalue weighted by atomic mass is 16.4. The second-order valence-electron chi connectivity index (χ2n) is 4.81. The number of hydrogen-bond acceptors (Lipinski definition) is 3. The number of carbonyl (C=O) groups is 1. The third-order valence-electron chi connectivity index (χ3n) is 3.46. The Balaban J connectivity index is 2.14. The minimum absolute atomic E-state index is 0.147. The van der Waals surface area contributed by atoms with Crippen LogP contribution >= 0.6 is 0 Å². The van der Waals surface area contributed by atoms with Gasteiger partial charge in [0.25, 0.3) is 5.56 Å². The van der Waals surface area contributed by atoms with Gasteiger partial charge in [-0.05, 0) is 38.9 Å². The molecule has 1 atom stereocenters. The van der Waals surface area contributed by atoms with Crippen molar-refractivity contribution in [1.82, 2.24) is 9.47 Å². The van der Waals surface area contributed by atoms with Crippen LogP contribution in [0.5, 0.6) is 0 Å². The summed E-state index contributed by atoms with van der Waals surface area (Å²) in [5.74, 6) is -1.00. The Hall–Kier alpha value is -1.62. The van der Waals surface area contributed by atoms with Gasteiger partial charge in [-0.3, -0.25) is 9.69 Å². The maximum Gasteiger partial charge on any atom is 0.337 e. The molecule has 0 amide bonds. The molecule has 5 nitrogen and oxygen atoms in total. The number of aromatic nitrogens is 1. The number of rotatable bonds is 4. The van der Waals surface area contributed by atoms with Gasteiger partial charge < -0.3 is 9.67 Å². The summed E-state index contributed by atoms with van der Waals surface area (Å²) in [6.45, 7) is 4.74. The van der Waals surface area contributed by atoms with Gasteiger partial charge in [0.2, 0.25) is 0 Å². The summed E-state index contributed by atoms with van der Waals surface area (Å²) in [5, 5.41) is 8.92. The fraction of sp³-hybridized carbons (Fsp3) is 0.538. The molecular formula is C13H18N2O3. The third-order valence-corrected chi connectivity index (χ3v) is 3.46. The van der Waals surface area contributed by atoms with Crippen molar-refractivity contribution < 1.29 is 9.90 Å². The molecule has 1 unspecified atom stereocenters. The van der Waals surface area contributed by atoms with Gasteiger partial charge in [0.1, 0.15) is 0 Å². The van der Waals surface area contributed by atoms with E-state index in [2.05, 4.69) is 11.8 Å². The number of carboxylic acids is 1. The normalized spacial score (nSPS) is 17.8. The summed E-state index contributed by atoms with van der Waals surface area (Å²) in [5.41, 5.74) is 0.00858. The Morgan fingerprint density at radius 1 is 1.39 bits per heavy atom. The molecule has 98 valence electrons. The Morgan fingerprint density at radius 2 is 2.06 bits per heavy atom. The molecule has 18 heavy (non-hydrogen) atoms. The summed E-state index contributed by atoms with van der Waals surface area (Å²) in [4.78, 5) is 24.9. The molecule has 1 saturated heterocycles. The zero-order valence-corrected chi connectivity index (χ0v) is 10.5. The summed E-state index contributed by atoms with van der Waals surface area (Å²) < 4.78 is 1.49. The topological polar surface area (TPSA) is 62.5 Å². The standard InChI is InChI=1S/C13H18N2O3/c1-10(14-6-2-3-7-14)8-15-9-11(13(17)18)4-5-12(15)16/h4-5,9-10H,2-3,6-8H2,1H3,(H,17,18). The molecule has 1 aromatic rings. The van der Waals surface area contributed by atoms with Crippen molar-refractivity contribution in [1.29, 1.82) is 0 Å². The van der Waals surface area contributed by atoms with Gasteiger partial charge in [-0.2, -0.15) is 0 Å². The van der Waals surface area contributed by atoms with Gasteiger partial charge in [-0.15, -0.1) is 0 Å². The predicted octanol–water partition coefficient (Wildman–Crippen LogP) is 1.03. The molecule has 0 saturated carbocycles. The number of aromatic carboxylic acids is 1. The first-order chi connectivity index (χ1) is 8.58. The Bertz CT molecular complexity index is 489. The molecule has 0 radical (unpaired) electrons. The Labute approximate surface area is 106 Å². The van der Waals surface area contributed by atoms with Gasteiger partial charge in [-0.1, -0.05) is 0 Å². The van der Waals surface area contributed by atoms with E-state index >= 15 is 0 Å². The average Bonchev–Trinajstić information content (AvgIpc) is 2.85. The molecule has 1 aliphatic rings. The molecule has 0 aliphatic carbocycles. The van der Waals surface area contributed by atoms with Crippen LogP contribution in [0, 0.1) is 0 Å². The summed E-state index contributed by atoms with van der Waals surface area (Å²) in [7, 11) is 0. The van der Waals surface area contributed by atoms with Gasteiger partial charge in [0.15, 0.2) is 0 Å². The second kappa shape index (κ2) is 5.35. The zero-order valence-electron chi connectivity index (χ0n) is 10.5. The molecule has 1 aliphatic heterocycles. The highest BCUT2D eigenvalue weighted by Crippen LogP contribution is 2.12. The smallest absolute Gasteiger partial charge is 0.337 e. The Kier molecular flexibility index (Phi) is 3.81. The van der Waals surface area contributed by atoms with E-state index in [1.165, 1.54) is 35.7 Å². The maximum absolute atomic E-state index is 11.7. The number of likely N-dealkylation sites (tertiary alicyclic amines) is 1. The average molecular weight is 250 g/mol. The van der Waals surface area contributed by atoms with E-state index in [4.69, 9.17) is 5.11 Å². The molecule has 1 aromatic heterocycles. The van der Waals surface area contributed by atoms with Crippen LogP contribution in [0.25, 0.3) is 0 Å². The van der Waals surface area contributed by atoms with Crippen molar-refractivity contribution in [2.75, 3.05) is 13.1 Å². The molecular weight excluding hydrogens is 232 g/mol. The van der Waals surface area contributed by atoms with Crippen molar-refractivity contribution in [2.45, 2.75) is 32.4 Å². The monoisotopic (exact) mass is 250 g/mol. The molecule has 2 rings (SSSR count). The van der Waals surface area contributed by atoms with Crippen LogP contribution < -0.4 is 5.56 Å². The minimum Gasteiger partial charge on any atom is -0.478 e. The first kappa shape index (κ1) is 12.8. The largest absolute Gasteiger partial charge is 0.478 e. The third kappa shape index (κ3) is 2.79. The second-order valence-corrected chi connectivity index (χ2v) is 4.81. The Morgan fingerprint density at radius 3 is 2.67 bits per heavy atom. The van der Waals surface area contributed by atoms with Crippen LogP contribution in [0.1, 0.15) is 30.1 Å². The predicted molar refractivity (Wildman–Crippen MR) is 67.9 cm³/mol. The van der Waals surface area contributed by atoms with E-state index in [0.29, 0.717) is 6.54 Å². The van der Waals surface area contributed by atoms with Crippen molar-refractivity contribution in [3.63, 3.8) is 0 Å². The van der Waals surface area contributed by atoms with Crippen LogP contribution in [0.4, 0.5) is 0 Å². The first-order valence-corrected chi connectivity index (χ1v) is 6.26. The van der Waals surface area contributed by atoms with E-state index in [-0.39, 0.29) is 17.2 Å². The maximum atomic E-state index is 11.7. The van der Waals surface area contributed by atoms with Crippen molar-refractivity contribution in [3.8, 4) is 0 Å². The lowest BCUT2D eigenvalue weighted by molar-refractivity contribution is 0.0695. The van der Waals surface area contributed by atoms with Crippen LogP contribution in [-0.4, -0.2) is 39.7 Å². The van der Waals surface area contributed by atoms with Crippen molar-refractivity contribution in [2.24, 2.45) is 0 Å². The highest BCUT2D eigenvalue weighted by Gasteiger charge is 2.18. The van der Waals surface area contributed by atoms with E-state index in [1.54, 1.807) is 0 Å². The number of hydrogen-bond donors (Lipinski definition) is 1. The number of nitrogens with zero attached hydrogens (tertiary/aromatic N) is 2. The molecule has 5 heteroatoms. The van der Waals surface area contributed by atoms with E-state index < -0.39 is 5.97 Å². The molecule has 2 heterocycles. The molecule has 0 aromatic carbocycles. The lowest BCUT2D eigenvalue weighted by Gasteiger charge is -2.24. The summed E-state index contributed by atoms with van der Waals surface area (Å²) in [6.07, 6.45) is 3.83. The molecule has 0 bridgehead atoms. The zero-order chi connectivity index (χ0) is 13.1. The molecule has 0 spiro atoms. The number of carboxylic acid groups (broad SMARTS) is 1. The van der Waals surface area contributed by atoms with Crippen molar-refractivity contribution in [3.05, 3.63) is 34.2 Å². The summed E-state index contributed by atoms with van der Waals surface area (Å²) in [6, 6.07) is 2.93. The van der Waals surface area contributed by atoms with Crippen LogP contribution in [0.2, 0.25) is 0 Å². The van der Waals surface area contributed by atoms with Gasteiger partial charge >= 0.3 is 5.97 Å². The lowest BCUT2D eigenvalue weighted by atomic mass is 10.2.